The molecule has 0 bridgehead atoms. The van der Waals surface area contributed by atoms with Gasteiger partial charge in [0.05, 0.1) is 5.75 Å². The van der Waals surface area contributed by atoms with Crippen LogP contribution in [-0.2, 0) is 16.6 Å². The van der Waals surface area contributed by atoms with E-state index in [1.165, 1.54) is 0 Å². The van der Waals surface area contributed by atoms with Crippen molar-refractivity contribution in [2.45, 2.75) is 44.3 Å². The summed E-state index contributed by atoms with van der Waals surface area (Å²) in [6, 6.07) is 2.41. The van der Waals surface area contributed by atoms with Crippen LogP contribution in [0.1, 0.15) is 31.2 Å². The van der Waals surface area contributed by atoms with Crippen molar-refractivity contribution >= 4 is 21.4 Å². The molecule has 1 saturated carbocycles. The van der Waals surface area contributed by atoms with Crippen molar-refractivity contribution < 1.29 is 8.42 Å². The van der Waals surface area contributed by atoms with E-state index in [4.69, 9.17) is 0 Å². The zero-order chi connectivity index (χ0) is 13.3. The summed E-state index contributed by atoms with van der Waals surface area (Å²) in [6.45, 7) is 1.50. The van der Waals surface area contributed by atoms with Gasteiger partial charge in [0.1, 0.15) is 0 Å². The summed E-state index contributed by atoms with van der Waals surface area (Å²) in [5, 5.41) is 7.33. The van der Waals surface area contributed by atoms with E-state index in [0.29, 0.717) is 6.54 Å². The number of sulfonamides is 1. The molecule has 1 aliphatic heterocycles. The molecule has 1 aliphatic carbocycles. The van der Waals surface area contributed by atoms with Gasteiger partial charge < -0.3 is 5.32 Å². The SMILES string of the molecule is O=S(=O)(CC1CCCN1)N(Cc1ccsc1)C1CC1. The topological polar surface area (TPSA) is 49.4 Å². The lowest BCUT2D eigenvalue weighted by atomic mass is 10.3. The fourth-order valence-corrected chi connectivity index (χ4v) is 5.28. The second-order valence-electron chi connectivity index (χ2n) is 5.48. The molecule has 0 radical (unpaired) electrons. The second-order valence-corrected chi connectivity index (χ2v) is 8.23. The van der Waals surface area contributed by atoms with E-state index in [1.807, 2.05) is 16.8 Å². The zero-order valence-corrected chi connectivity index (χ0v) is 12.5. The van der Waals surface area contributed by atoms with Crippen molar-refractivity contribution in [3.05, 3.63) is 22.4 Å². The van der Waals surface area contributed by atoms with Gasteiger partial charge in [0.15, 0.2) is 0 Å². The van der Waals surface area contributed by atoms with E-state index >= 15 is 0 Å². The first-order valence-corrected chi connectivity index (χ1v) is 9.44. The third-order valence-corrected chi connectivity index (χ3v) is 6.50. The fourth-order valence-electron chi connectivity index (χ4n) is 2.63. The van der Waals surface area contributed by atoms with Crippen LogP contribution in [-0.4, -0.2) is 37.1 Å². The molecule has 0 amide bonds. The fraction of sp³-hybridized carbons (Fsp3) is 0.692. The summed E-state index contributed by atoms with van der Waals surface area (Å²) in [4.78, 5) is 0. The van der Waals surface area contributed by atoms with Crippen LogP contribution in [0.25, 0.3) is 0 Å². The largest absolute Gasteiger partial charge is 0.313 e. The highest BCUT2D eigenvalue weighted by Crippen LogP contribution is 2.32. The molecular formula is C13H20N2O2S2. The number of hydrogen-bond acceptors (Lipinski definition) is 4. The van der Waals surface area contributed by atoms with Crippen molar-refractivity contribution in [3.63, 3.8) is 0 Å². The van der Waals surface area contributed by atoms with Crippen LogP contribution in [0.4, 0.5) is 0 Å². The lowest BCUT2D eigenvalue weighted by Gasteiger charge is -2.23. The van der Waals surface area contributed by atoms with E-state index in [0.717, 1.165) is 37.8 Å². The van der Waals surface area contributed by atoms with Gasteiger partial charge in [-0.2, -0.15) is 15.6 Å². The van der Waals surface area contributed by atoms with Gasteiger partial charge in [0, 0.05) is 18.6 Å². The van der Waals surface area contributed by atoms with E-state index < -0.39 is 10.0 Å². The average Bonchev–Trinajstić information content (AvgIpc) is 2.87. The Kier molecular flexibility index (Phi) is 3.93. The van der Waals surface area contributed by atoms with Gasteiger partial charge in [-0.05, 0) is 54.6 Å². The Balaban J connectivity index is 1.71. The molecule has 19 heavy (non-hydrogen) atoms. The quantitative estimate of drug-likeness (QED) is 0.871. The average molecular weight is 300 g/mol. The molecule has 6 heteroatoms. The minimum absolute atomic E-state index is 0.147. The predicted molar refractivity (Wildman–Crippen MR) is 77.7 cm³/mol. The first-order chi connectivity index (χ1) is 9.15. The Bertz CT molecular complexity index is 503. The molecule has 4 nitrogen and oxygen atoms in total. The normalized spacial score (nSPS) is 24.2. The van der Waals surface area contributed by atoms with Crippen molar-refractivity contribution in [1.29, 1.82) is 0 Å². The van der Waals surface area contributed by atoms with Gasteiger partial charge in [-0.3, -0.25) is 0 Å². The Morgan fingerprint density at radius 1 is 1.37 bits per heavy atom. The van der Waals surface area contributed by atoms with E-state index in [9.17, 15) is 8.42 Å². The van der Waals surface area contributed by atoms with Crippen LogP contribution in [0, 0.1) is 0 Å². The Morgan fingerprint density at radius 3 is 2.79 bits per heavy atom. The van der Waals surface area contributed by atoms with Crippen molar-refractivity contribution in [2.24, 2.45) is 0 Å². The minimum atomic E-state index is -3.14. The van der Waals surface area contributed by atoms with Crippen molar-refractivity contribution in [2.75, 3.05) is 12.3 Å². The van der Waals surface area contributed by atoms with Gasteiger partial charge in [-0.25, -0.2) is 8.42 Å². The van der Waals surface area contributed by atoms with Gasteiger partial charge >= 0.3 is 0 Å². The van der Waals surface area contributed by atoms with Crippen molar-refractivity contribution in [3.8, 4) is 0 Å². The number of thiophene rings is 1. The number of nitrogens with one attached hydrogen (secondary N) is 1. The number of rotatable bonds is 6. The third-order valence-electron chi connectivity index (χ3n) is 3.80. The molecule has 106 valence electrons. The Hall–Kier alpha value is -0.430. The summed E-state index contributed by atoms with van der Waals surface area (Å²) in [6.07, 6.45) is 4.10. The predicted octanol–water partition coefficient (Wildman–Crippen LogP) is 1.79. The third kappa shape index (κ3) is 3.37. The summed E-state index contributed by atoms with van der Waals surface area (Å²) in [5.74, 6) is 0.258. The van der Waals surface area contributed by atoms with Crippen LogP contribution in [0.5, 0.6) is 0 Å². The van der Waals surface area contributed by atoms with E-state index in [2.05, 4.69) is 5.32 Å². The highest BCUT2D eigenvalue weighted by molar-refractivity contribution is 7.89. The van der Waals surface area contributed by atoms with E-state index in [-0.39, 0.29) is 17.8 Å². The Morgan fingerprint density at radius 2 is 2.21 bits per heavy atom. The molecule has 3 rings (SSSR count). The van der Waals surface area contributed by atoms with Gasteiger partial charge in [0.25, 0.3) is 0 Å². The molecule has 1 aromatic rings. The maximum atomic E-state index is 12.6. The molecular weight excluding hydrogens is 280 g/mol. The number of hydrogen-bond donors (Lipinski definition) is 1. The molecule has 1 N–H and O–H groups in total. The lowest BCUT2D eigenvalue weighted by Crippen LogP contribution is -2.40. The highest BCUT2D eigenvalue weighted by Gasteiger charge is 2.38. The van der Waals surface area contributed by atoms with Crippen LogP contribution >= 0.6 is 11.3 Å². The van der Waals surface area contributed by atoms with Crippen molar-refractivity contribution in [1.82, 2.24) is 9.62 Å². The Labute approximate surface area is 118 Å². The van der Waals surface area contributed by atoms with Crippen LogP contribution in [0.15, 0.2) is 16.8 Å². The molecule has 2 aliphatic rings. The molecule has 0 aromatic carbocycles. The van der Waals surface area contributed by atoms with Crippen LogP contribution in [0.3, 0.4) is 0 Å². The van der Waals surface area contributed by atoms with Crippen LogP contribution in [0.2, 0.25) is 0 Å². The summed E-state index contributed by atoms with van der Waals surface area (Å²) in [7, 11) is -3.14. The van der Waals surface area contributed by atoms with Gasteiger partial charge in [0.2, 0.25) is 10.0 Å². The highest BCUT2D eigenvalue weighted by atomic mass is 32.2. The lowest BCUT2D eigenvalue weighted by molar-refractivity contribution is 0.395. The molecule has 2 heterocycles. The molecule has 0 spiro atoms. The maximum Gasteiger partial charge on any atom is 0.216 e. The van der Waals surface area contributed by atoms with E-state index in [1.54, 1.807) is 15.6 Å². The molecule has 2 fully saturated rings. The smallest absolute Gasteiger partial charge is 0.216 e. The first-order valence-electron chi connectivity index (χ1n) is 6.89. The minimum Gasteiger partial charge on any atom is -0.313 e. The van der Waals surface area contributed by atoms with Crippen LogP contribution < -0.4 is 5.32 Å². The number of nitrogens with zero attached hydrogens (tertiary/aromatic N) is 1. The summed E-state index contributed by atoms with van der Waals surface area (Å²) in [5.41, 5.74) is 1.11. The molecule has 1 saturated heterocycles. The molecule has 1 atom stereocenters. The maximum absolute atomic E-state index is 12.6. The first kappa shape index (κ1) is 13.5. The van der Waals surface area contributed by atoms with Gasteiger partial charge in [-0.1, -0.05) is 0 Å². The standard InChI is InChI=1S/C13H20N2O2S2/c16-19(17,10-12-2-1-6-14-12)15(13-3-4-13)8-11-5-7-18-9-11/h5,7,9,12-14H,1-4,6,8,10H2. The molecule has 1 aromatic heterocycles. The summed E-state index contributed by atoms with van der Waals surface area (Å²) >= 11 is 1.62. The van der Waals surface area contributed by atoms with Gasteiger partial charge in [-0.15, -0.1) is 0 Å². The second kappa shape index (κ2) is 5.52. The summed E-state index contributed by atoms with van der Waals surface area (Å²) < 4.78 is 26.9. The monoisotopic (exact) mass is 300 g/mol. The molecule has 1 unspecified atom stereocenters. The zero-order valence-electron chi connectivity index (χ0n) is 10.9.